The van der Waals surface area contributed by atoms with Crippen LogP contribution in [0.25, 0.3) is 10.9 Å². The molecule has 0 radical (unpaired) electrons. The Labute approximate surface area is 123 Å². The number of hydrogen-bond donors (Lipinski definition) is 1. The molecule has 0 fully saturated rings. The summed E-state index contributed by atoms with van der Waals surface area (Å²) in [5.41, 5.74) is 10.5. The molecule has 20 heavy (non-hydrogen) atoms. The molecule has 0 aliphatic heterocycles. The average molecular weight is 280 g/mol. The first kappa shape index (κ1) is 13.0. The van der Waals surface area contributed by atoms with E-state index in [4.69, 9.17) is 5.73 Å². The highest BCUT2D eigenvalue weighted by atomic mass is 32.2. The van der Waals surface area contributed by atoms with Crippen LogP contribution < -0.4 is 5.73 Å². The molecular weight excluding hydrogens is 264 g/mol. The minimum atomic E-state index is 0.786. The number of aryl methyl sites for hydroxylation is 1. The van der Waals surface area contributed by atoms with Crippen LogP contribution in [0, 0.1) is 6.92 Å². The number of hydrogen-bond acceptors (Lipinski definition) is 3. The van der Waals surface area contributed by atoms with Gasteiger partial charge in [0, 0.05) is 27.9 Å². The summed E-state index contributed by atoms with van der Waals surface area (Å²) in [6, 6.07) is 16.5. The summed E-state index contributed by atoms with van der Waals surface area (Å²) in [4.78, 5) is 5.65. The quantitative estimate of drug-likeness (QED) is 0.570. The lowest BCUT2D eigenvalue weighted by atomic mass is 10.1. The minimum absolute atomic E-state index is 0.786. The normalized spacial score (nSPS) is 10.8. The zero-order valence-electron chi connectivity index (χ0n) is 11.3. The van der Waals surface area contributed by atoms with Crippen LogP contribution in [0.5, 0.6) is 0 Å². The van der Waals surface area contributed by atoms with Crippen LogP contribution in [0.15, 0.2) is 59.6 Å². The van der Waals surface area contributed by atoms with E-state index in [1.165, 1.54) is 16.0 Å². The molecule has 1 aromatic heterocycles. The van der Waals surface area contributed by atoms with Gasteiger partial charge in [0.05, 0.1) is 5.52 Å². The summed E-state index contributed by atoms with van der Waals surface area (Å²) in [7, 11) is 0. The number of rotatable bonds is 3. The largest absolute Gasteiger partial charge is 0.398 e. The molecule has 0 bridgehead atoms. The number of nitrogen functional groups attached to an aromatic ring is 1. The lowest BCUT2D eigenvalue weighted by molar-refractivity contribution is 1.29. The van der Waals surface area contributed by atoms with Crippen LogP contribution in [0.1, 0.15) is 11.1 Å². The van der Waals surface area contributed by atoms with Gasteiger partial charge in [0.25, 0.3) is 0 Å². The van der Waals surface area contributed by atoms with Crippen LogP contribution in [-0.2, 0) is 5.75 Å². The summed E-state index contributed by atoms with van der Waals surface area (Å²) in [5.74, 6) is 0.947. The predicted octanol–water partition coefficient (Wildman–Crippen LogP) is 4.42. The maximum absolute atomic E-state index is 6.01. The highest BCUT2D eigenvalue weighted by Gasteiger charge is 2.06. The zero-order valence-corrected chi connectivity index (χ0v) is 12.2. The van der Waals surface area contributed by atoms with Crippen molar-refractivity contribution in [3.8, 4) is 0 Å². The number of nitrogens with zero attached hydrogens (tertiary/aromatic N) is 1. The van der Waals surface area contributed by atoms with E-state index in [0.717, 1.165) is 22.3 Å². The van der Waals surface area contributed by atoms with E-state index in [2.05, 4.69) is 42.2 Å². The molecule has 3 aromatic rings. The number of anilines is 1. The third-order valence-electron chi connectivity index (χ3n) is 3.41. The first-order valence-electron chi connectivity index (χ1n) is 6.56. The van der Waals surface area contributed by atoms with E-state index < -0.39 is 0 Å². The van der Waals surface area contributed by atoms with Crippen molar-refractivity contribution >= 4 is 28.4 Å². The Morgan fingerprint density at radius 2 is 1.90 bits per heavy atom. The van der Waals surface area contributed by atoms with Gasteiger partial charge in [0.2, 0.25) is 0 Å². The van der Waals surface area contributed by atoms with Gasteiger partial charge in [-0.05, 0) is 42.3 Å². The van der Waals surface area contributed by atoms with Crippen molar-refractivity contribution in [2.75, 3.05) is 5.73 Å². The first-order valence-corrected chi connectivity index (χ1v) is 7.55. The fraction of sp³-hybridized carbons (Fsp3) is 0.118. The lowest BCUT2D eigenvalue weighted by Gasteiger charge is -2.09. The van der Waals surface area contributed by atoms with Crippen LogP contribution in [0.2, 0.25) is 0 Å². The monoisotopic (exact) mass is 280 g/mol. The molecule has 2 N–H and O–H groups in total. The van der Waals surface area contributed by atoms with Crippen molar-refractivity contribution in [2.45, 2.75) is 17.6 Å². The minimum Gasteiger partial charge on any atom is -0.398 e. The van der Waals surface area contributed by atoms with E-state index in [-0.39, 0.29) is 0 Å². The summed E-state index contributed by atoms with van der Waals surface area (Å²) < 4.78 is 0. The van der Waals surface area contributed by atoms with Crippen LogP contribution in [-0.4, -0.2) is 4.98 Å². The van der Waals surface area contributed by atoms with Gasteiger partial charge in [0.15, 0.2) is 0 Å². The lowest BCUT2D eigenvalue weighted by Crippen LogP contribution is -1.91. The van der Waals surface area contributed by atoms with Crippen LogP contribution in [0.4, 0.5) is 5.69 Å². The number of aromatic nitrogens is 1. The molecule has 100 valence electrons. The van der Waals surface area contributed by atoms with Gasteiger partial charge in [-0.2, -0.15) is 0 Å². The van der Waals surface area contributed by atoms with E-state index in [9.17, 15) is 0 Å². The molecule has 0 aliphatic carbocycles. The number of benzene rings is 2. The second kappa shape index (κ2) is 5.55. The van der Waals surface area contributed by atoms with Crippen molar-refractivity contribution in [3.63, 3.8) is 0 Å². The van der Waals surface area contributed by atoms with Crippen molar-refractivity contribution in [1.29, 1.82) is 0 Å². The molecule has 3 heteroatoms. The third-order valence-corrected chi connectivity index (χ3v) is 4.51. The average Bonchev–Trinajstić information content (AvgIpc) is 2.48. The molecular formula is C17H16N2S. The smallest absolute Gasteiger partial charge is 0.0858 e. The van der Waals surface area contributed by atoms with E-state index in [1.807, 2.05) is 36.2 Å². The summed E-state index contributed by atoms with van der Waals surface area (Å²) in [5, 5.41) is 1.03. The maximum atomic E-state index is 6.01. The highest BCUT2D eigenvalue weighted by Crippen LogP contribution is 2.32. The predicted molar refractivity (Wildman–Crippen MR) is 86.9 cm³/mol. The second-order valence-corrected chi connectivity index (χ2v) is 5.78. The standard InChI is InChI=1S/C17H16N2S/c1-12-5-2-3-6-13(12)11-20-16-9-8-15(18)14-7-4-10-19-17(14)16/h2-10H,11,18H2,1H3. The Morgan fingerprint density at radius 1 is 1.05 bits per heavy atom. The highest BCUT2D eigenvalue weighted by molar-refractivity contribution is 7.98. The number of pyridine rings is 1. The molecule has 0 amide bonds. The second-order valence-electron chi connectivity index (χ2n) is 4.77. The molecule has 0 aliphatic rings. The SMILES string of the molecule is Cc1ccccc1CSc1ccc(N)c2cccnc12. The van der Waals surface area contributed by atoms with Crippen LogP contribution >= 0.6 is 11.8 Å². The molecule has 0 spiro atoms. The van der Waals surface area contributed by atoms with Gasteiger partial charge in [-0.15, -0.1) is 11.8 Å². The van der Waals surface area contributed by atoms with E-state index in [1.54, 1.807) is 0 Å². The van der Waals surface area contributed by atoms with Gasteiger partial charge in [0.1, 0.15) is 0 Å². The molecule has 0 atom stereocenters. The van der Waals surface area contributed by atoms with Crippen LogP contribution in [0.3, 0.4) is 0 Å². The van der Waals surface area contributed by atoms with E-state index >= 15 is 0 Å². The fourth-order valence-electron chi connectivity index (χ4n) is 2.21. The summed E-state index contributed by atoms with van der Waals surface area (Å²) in [6.07, 6.45) is 1.82. The summed E-state index contributed by atoms with van der Waals surface area (Å²) >= 11 is 1.81. The Morgan fingerprint density at radius 3 is 2.75 bits per heavy atom. The van der Waals surface area contributed by atoms with Gasteiger partial charge in [-0.25, -0.2) is 0 Å². The molecule has 2 aromatic carbocycles. The molecule has 3 rings (SSSR count). The van der Waals surface area contributed by atoms with Gasteiger partial charge >= 0.3 is 0 Å². The number of thioether (sulfide) groups is 1. The van der Waals surface area contributed by atoms with Crippen molar-refractivity contribution in [3.05, 3.63) is 65.9 Å². The molecule has 1 heterocycles. The van der Waals surface area contributed by atoms with E-state index in [0.29, 0.717) is 0 Å². The molecule has 0 saturated heterocycles. The van der Waals surface area contributed by atoms with Crippen molar-refractivity contribution in [1.82, 2.24) is 4.98 Å². The Kier molecular flexibility index (Phi) is 3.61. The van der Waals surface area contributed by atoms with Gasteiger partial charge in [-0.1, -0.05) is 24.3 Å². The molecule has 0 saturated carbocycles. The fourth-order valence-corrected chi connectivity index (χ4v) is 3.31. The Bertz CT molecular complexity index is 753. The molecule has 0 unspecified atom stereocenters. The maximum Gasteiger partial charge on any atom is 0.0858 e. The Balaban J connectivity index is 1.92. The third kappa shape index (κ3) is 2.49. The topological polar surface area (TPSA) is 38.9 Å². The van der Waals surface area contributed by atoms with Crippen molar-refractivity contribution in [2.24, 2.45) is 0 Å². The number of nitrogens with two attached hydrogens (primary N) is 1. The number of fused-ring (bicyclic) bond motifs is 1. The van der Waals surface area contributed by atoms with Gasteiger partial charge in [-0.3, -0.25) is 4.98 Å². The van der Waals surface area contributed by atoms with Crippen molar-refractivity contribution < 1.29 is 0 Å². The zero-order chi connectivity index (χ0) is 13.9. The Hall–Kier alpha value is -2.00. The van der Waals surface area contributed by atoms with Gasteiger partial charge < -0.3 is 5.73 Å². The summed E-state index contributed by atoms with van der Waals surface area (Å²) in [6.45, 7) is 2.15. The molecule has 2 nitrogen and oxygen atoms in total. The first-order chi connectivity index (χ1) is 9.75.